The minimum absolute atomic E-state index is 0.116. The van der Waals surface area contributed by atoms with Gasteiger partial charge < -0.3 is 9.47 Å². The van der Waals surface area contributed by atoms with Crippen LogP contribution >= 0.6 is 0 Å². The number of benzene rings is 2. The van der Waals surface area contributed by atoms with Crippen LogP contribution in [0.4, 0.5) is 4.39 Å². The van der Waals surface area contributed by atoms with E-state index < -0.39 is 0 Å². The van der Waals surface area contributed by atoms with Crippen LogP contribution in [0.2, 0.25) is 0 Å². The number of rotatable bonds is 5. The predicted molar refractivity (Wildman–Crippen MR) is 73.7 cm³/mol. The van der Waals surface area contributed by atoms with Crippen molar-refractivity contribution >= 4 is 0 Å². The lowest BCUT2D eigenvalue weighted by molar-refractivity contribution is 0.0227. The fraction of sp³-hybridized carbons (Fsp3) is 0.188. The van der Waals surface area contributed by atoms with Crippen molar-refractivity contribution in [3.8, 4) is 22.9 Å². The first kappa shape index (κ1) is 14.0. The molecule has 0 heterocycles. The molecule has 2 aromatic rings. The third kappa shape index (κ3) is 3.34. The van der Waals surface area contributed by atoms with Crippen LogP contribution in [-0.2, 0) is 4.74 Å². The zero-order chi connectivity index (χ0) is 14.4. The highest BCUT2D eigenvalue weighted by Gasteiger charge is 2.09. The van der Waals surface area contributed by atoms with Gasteiger partial charge in [-0.1, -0.05) is 12.1 Å². The average Bonchev–Trinajstić information content (AvgIpc) is 2.48. The molecular weight excluding hydrogens is 257 g/mol. The van der Waals surface area contributed by atoms with Gasteiger partial charge in [-0.2, -0.15) is 5.26 Å². The van der Waals surface area contributed by atoms with Crippen LogP contribution in [-0.4, -0.2) is 13.4 Å². The maximum absolute atomic E-state index is 13.3. The predicted octanol–water partition coefficient (Wildman–Crippen LogP) is 3.74. The van der Waals surface area contributed by atoms with Crippen molar-refractivity contribution in [3.05, 3.63) is 53.8 Å². The van der Waals surface area contributed by atoms with Crippen LogP contribution in [0.25, 0.3) is 11.1 Å². The summed E-state index contributed by atoms with van der Waals surface area (Å²) in [5.41, 5.74) is 1.82. The third-order valence-electron chi connectivity index (χ3n) is 2.75. The van der Waals surface area contributed by atoms with Crippen molar-refractivity contribution in [1.82, 2.24) is 0 Å². The molecule has 0 aromatic heterocycles. The molecule has 4 heteroatoms. The van der Waals surface area contributed by atoms with Crippen molar-refractivity contribution < 1.29 is 13.9 Å². The summed E-state index contributed by atoms with van der Waals surface area (Å²) in [4.78, 5) is 0. The fourth-order valence-electron chi connectivity index (χ4n) is 1.80. The van der Waals surface area contributed by atoms with Crippen LogP contribution in [0, 0.1) is 17.1 Å². The van der Waals surface area contributed by atoms with Gasteiger partial charge in [0, 0.05) is 12.2 Å². The third-order valence-corrected chi connectivity index (χ3v) is 2.75. The number of halogens is 1. The second-order valence-electron chi connectivity index (χ2n) is 4.09. The molecular formula is C16H14FNO2. The summed E-state index contributed by atoms with van der Waals surface area (Å²) >= 11 is 0. The van der Waals surface area contributed by atoms with Crippen molar-refractivity contribution in [2.24, 2.45) is 0 Å². The minimum atomic E-state index is -0.333. The summed E-state index contributed by atoms with van der Waals surface area (Å²) < 4.78 is 24.0. The molecule has 0 aliphatic rings. The van der Waals surface area contributed by atoms with Gasteiger partial charge in [0.2, 0.25) is 0 Å². The molecule has 20 heavy (non-hydrogen) atoms. The normalized spacial score (nSPS) is 10.1. The van der Waals surface area contributed by atoms with Crippen LogP contribution < -0.4 is 4.74 Å². The van der Waals surface area contributed by atoms with E-state index in [4.69, 9.17) is 14.7 Å². The number of hydrogen-bond acceptors (Lipinski definition) is 3. The highest BCUT2D eigenvalue weighted by atomic mass is 19.1. The van der Waals surface area contributed by atoms with E-state index in [1.165, 1.54) is 12.1 Å². The van der Waals surface area contributed by atoms with Crippen molar-refractivity contribution in [2.45, 2.75) is 6.92 Å². The van der Waals surface area contributed by atoms with Gasteiger partial charge in [0.1, 0.15) is 11.6 Å². The molecule has 0 amide bonds. The molecule has 0 unspecified atom stereocenters. The highest BCUT2D eigenvalue weighted by molar-refractivity contribution is 5.72. The number of nitriles is 1. The lowest BCUT2D eigenvalue weighted by atomic mass is 10.0. The first-order valence-electron chi connectivity index (χ1n) is 6.25. The Hall–Kier alpha value is -2.38. The van der Waals surface area contributed by atoms with Crippen LogP contribution in [0.1, 0.15) is 12.5 Å². The molecule has 3 nitrogen and oxygen atoms in total. The quantitative estimate of drug-likeness (QED) is 0.614. The Bertz CT molecular complexity index is 635. The van der Waals surface area contributed by atoms with E-state index in [1.807, 2.05) is 6.92 Å². The SMILES string of the molecule is CCOCOc1ccc(C#N)cc1-c1cccc(F)c1. The molecule has 0 spiro atoms. The molecule has 0 atom stereocenters. The Balaban J connectivity index is 2.40. The molecule has 0 aliphatic heterocycles. The maximum Gasteiger partial charge on any atom is 0.189 e. The first-order valence-corrected chi connectivity index (χ1v) is 6.25. The molecule has 2 rings (SSSR count). The molecule has 0 saturated carbocycles. The van der Waals surface area contributed by atoms with Crippen molar-refractivity contribution in [3.63, 3.8) is 0 Å². The van der Waals surface area contributed by atoms with E-state index in [1.54, 1.807) is 30.3 Å². The molecule has 2 aromatic carbocycles. The Morgan fingerprint density at radius 2 is 2.05 bits per heavy atom. The molecule has 0 aliphatic carbocycles. The second-order valence-corrected chi connectivity index (χ2v) is 4.09. The maximum atomic E-state index is 13.3. The highest BCUT2D eigenvalue weighted by Crippen LogP contribution is 2.31. The first-order chi connectivity index (χ1) is 9.74. The minimum Gasteiger partial charge on any atom is -0.467 e. The summed E-state index contributed by atoms with van der Waals surface area (Å²) in [5.74, 6) is 0.226. The topological polar surface area (TPSA) is 42.2 Å². The van der Waals surface area contributed by atoms with Gasteiger partial charge in [-0.05, 0) is 42.8 Å². The van der Waals surface area contributed by atoms with Crippen LogP contribution in [0.5, 0.6) is 5.75 Å². The zero-order valence-corrected chi connectivity index (χ0v) is 11.1. The van der Waals surface area contributed by atoms with Gasteiger partial charge in [0.05, 0.1) is 11.6 Å². The number of hydrogen-bond donors (Lipinski definition) is 0. The van der Waals surface area contributed by atoms with Gasteiger partial charge in [-0.25, -0.2) is 4.39 Å². The lowest BCUT2D eigenvalue weighted by Gasteiger charge is -2.12. The number of ether oxygens (including phenoxy) is 2. The van der Waals surface area contributed by atoms with Gasteiger partial charge in [-0.3, -0.25) is 0 Å². The molecule has 102 valence electrons. The molecule has 0 radical (unpaired) electrons. The van der Waals surface area contributed by atoms with E-state index in [2.05, 4.69) is 6.07 Å². The molecule has 0 fully saturated rings. The van der Waals surface area contributed by atoms with Crippen LogP contribution in [0.15, 0.2) is 42.5 Å². The van der Waals surface area contributed by atoms with Gasteiger partial charge in [0.25, 0.3) is 0 Å². The van der Waals surface area contributed by atoms with Gasteiger partial charge >= 0.3 is 0 Å². The van der Waals surface area contributed by atoms with E-state index >= 15 is 0 Å². The summed E-state index contributed by atoms with van der Waals surface area (Å²) in [6.07, 6.45) is 0. The van der Waals surface area contributed by atoms with Crippen LogP contribution in [0.3, 0.4) is 0 Å². The Morgan fingerprint density at radius 1 is 1.20 bits per heavy atom. The molecule has 0 bridgehead atoms. The smallest absolute Gasteiger partial charge is 0.189 e. The monoisotopic (exact) mass is 271 g/mol. The lowest BCUT2D eigenvalue weighted by Crippen LogP contribution is -2.03. The van der Waals surface area contributed by atoms with E-state index in [-0.39, 0.29) is 12.6 Å². The number of nitrogens with zero attached hydrogens (tertiary/aromatic N) is 1. The second kappa shape index (κ2) is 6.69. The Labute approximate surface area is 117 Å². The standard InChI is InChI=1S/C16H14FNO2/c1-2-19-11-20-16-7-6-12(10-18)8-15(16)13-4-3-5-14(17)9-13/h3-9H,2,11H2,1H3. The summed E-state index contributed by atoms with van der Waals surface area (Å²) in [6, 6.07) is 13.3. The average molecular weight is 271 g/mol. The molecule has 0 N–H and O–H groups in total. The fourth-order valence-corrected chi connectivity index (χ4v) is 1.80. The van der Waals surface area contributed by atoms with E-state index in [0.29, 0.717) is 29.0 Å². The van der Waals surface area contributed by atoms with E-state index in [9.17, 15) is 4.39 Å². The summed E-state index contributed by atoms with van der Waals surface area (Å²) in [5, 5.41) is 8.98. The zero-order valence-electron chi connectivity index (χ0n) is 11.1. The van der Waals surface area contributed by atoms with E-state index in [0.717, 1.165) is 0 Å². The van der Waals surface area contributed by atoms with Gasteiger partial charge in [0.15, 0.2) is 6.79 Å². The van der Waals surface area contributed by atoms with Gasteiger partial charge in [-0.15, -0.1) is 0 Å². The molecule has 0 saturated heterocycles. The summed E-state index contributed by atoms with van der Waals surface area (Å²) in [7, 11) is 0. The largest absolute Gasteiger partial charge is 0.467 e. The Morgan fingerprint density at radius 3 is 2.75 bits per heavy atom. The Kier molecular flexibility index (Phi) is 4.70. The summed E-state index contributed by atoms with van der Waals surface area (Å²) in [6.45, 7) is 2.53. The van der Waals surface area contributed by atoms with Crippen molar-refractivity contribution in [1.29, 1.82) is 5.26 Å². The van der Waals surface area contributed by atoms with Crippen molar-refractivity contribution in [2.75, 3.05) is 13.4 Å².